The van der Waals surface area contributed by atoms with Crippen molar-refractivity contribution in [2.45, 2.75) is 72.0 Å². The number of hydrogen-bond acceptors (Lipinski definition) is 3. The summed E-state index contributed by atoms with van der Waals surface area (Å²) in [7, 11) is 2.21. The molecule has 0 bridgehead atoms. The van der Waals surface area contributed by atoms with E-state index in [9.17, 15) is 0 Å². The van der Waals surface area contributed by atoms with Gasteiger partial charge in [-0.2, -0.15) is 0 Å². The van der Waals surface area contributed by atoms with Gasteiger partial charge in [0.25, 0.3) is 0 Å². The Morgan fingerprint density at radius 3 is 2.76 bits per heavy atom. The first-order valence-corrected chi connectivity index (χ1v) is 8.39. The van der Waals surface area contributed by atoms with Crippen molar-refractivity contribution in [3.05, 3.63) is 23.4 Å². The second-order valence-corrected chi connectivity index (χ2v) is 7.06. The topological polar surface area (TPSA) is 28.2 Å². The molecule has 1 N–H and O–H groups in total. The molecule has 1 fully saturated rings. The van der Waals surface area contributed by atoms with Crippen LogP contribution < -0.4 is 10.2 Å². The molecule has 1 aliphatic rings. The van der Waals surface area contributed by atoms with Crippen molar-refractivity contribution >= 4 is 5.82 Å². The van der Waals surface area contributed by atoms with Crippen LogP contribution in [0.4, 0.5) is 5.82 Å². The number of aryl methyl sites for hydroxylation is 1. The summed E-state index contributed by atoms with van der Waals surface area (Å²) >= 11 is 0. The van der Waals surface area contributed by atoms with Crippen LogP contribution >= 0.6 is 0 Å². The standard InChI is InChI=1S/C18H31N3/c1-13(2)19-11-16-10-15(4)18(20-12-16)21(5)17-8-6-7-14(3)9-17/h10,12-14,17,19H,6-9,11H2,1-5H3. The van der Waals surface area contributed by atoms with Crippen molar-refractivity contribution in [2.75, 3.05) is 11.9 Å². The lowest BCUT2D eigenvalue weighted by Gasteiger charge is -2.35. The van der Waals surface area contributed by atoms with Crippen molar-refractivity contribution < 1.29 is 0 Å². The summed E-state index contributed by atoms with van der Waals surface area (Å²) in [4.78, 5) is 7.15. The molecule has 0 aliphatic heterocycles. The number of pyridine rings is 1. The summed E-state index contributed by atoms with van der Waals surface area (Å²) in [5, 5.41) is 3.45. The monoisotopic (exact) mass is 289 g/mol. The first kappa shape index (κ1) is 16.3. The van der Waals surface area contributed by atoms with Crippen LogP contribution in [0.2, 0.25) is 0 Å². The molecule has 21 heavy (non-hydrogen) atoms. The predicted octanol–water partition coefficient (Wildman–Crippen LogP) is 3.90. The summed E-state index contributed by atoms with van der Waals surface area (Å²) in [5.41, 5.74) is 2.56. The van der Waals surface area contributed by atoms with Crippen molar-refractivity contribution in [1.29, 1.82) is 0 Å². The minimum Gasteiger partial charge on any atom is -0.356 e. The zero-order valence-electron chi connectivity index (χ0n) is 14.3. The van der Waals surface area contributed by atoms with E-state index in [4.69, 9.17) is 4.98 Å². The van der Waals surface area contributed by atoms with E-state index in [0.717, 1.165) is 18.3 Å². The first-order valence-electron chi connectivity index (χ1n) is 8.39. The SMILES string of the molecule is Cc1cc(CNC(C)C)cnc1N(C)C1CCCC(C)C1. The normalized spacial score (nSPS) is 22.6. The van der Waals surface area contributed by atoms with Crippen LogP contribution in [-0.2, 0) is 6.54 Å². The van der Waals surface area contributed by atoms with Crippen LogP contribution in [0.1, 0.15) is 57.6 Å². The van der Waals surface area contributed by atoms with Crippen molar-refractivity contribution in [1.82, 2.24) is 10.3 Å². The van der Waals surface area contributed by atoms with E-state index in [1.165, 1.54) is 36.8 Å². The Balaban J connectivity index is 2.05. The third kappa shape index (κ3) is 4.44. The van der Waals surface area contributed by atoms with Crippen LogP contribution in [0.15, 0.2) is 12.3 Å². The van der Waals surface area contributed by atoms with Gasteiger partial charge in [0.2, 0.25) is 0 Å². The molecule has 1 aromatic rings. The molecule has 118 valence electrons. The largest absolute Gasteiger partial charge is 0.356 e. The van der Waals surface area contributed by atoms with E-state index >= 15 is 0 Å². The number of nitrogens with zero attached hydrogens (tertiary/aromatic N) is 2. The second kappa shape index (κ2) is 7.26. The van der Waals surface area contributed by atoms with Crippen LogP contribution in [0.5, 0.6) is 0 Å². The highest BCUT2D eigenvalue weighted by molar-refractivity contribution is 5.47. The molecule has 1 aromatic heterocycles. The fraction of sp³-hybridized carbons (Fsp3) is 0.722. The maximum Gasteiger partial charge on any atom is 0.131 e. The van der Waals surface area contributed by atoms with Crippen LogP contribution in [0.25, 0.3) is 0 Å². The molecule has 0 radical (unpaired) electrons. The Hall–Kier alpha value is -1.09. The second-order valence-electron chi connectivity index (χ2n) is 7.06. The highest BCUT2D eigenvalue weighted by Gasteiger charge is 2.24. The van der Waals surface area contributed by atoms with Crippen LogP contribution in [0, 0.1) is 12.8 Å². The Kier molecular flexibility index (Phi) is 5.63. The molecule has 0 saturated heterocycles. The van der Waals surface area contributed by atoms with Gasteiger partial charge in [-0.05, 0) is 42.9 Å². The summed E-state index contributed by atoms with van der Waals surface area (Å²) in [6, 6.07) is 3.44. The Morgan fingerprint density at radius 2 is 2.14 bits per heavy atom. The third-order valence-corrected chi connectivity index (χ3v) is 4.61. The lowest BCUT2D eigenvalue weighted by atomic mass is 9.86. The maximum atomic E-state index is 4.74. The van der Waals surface area contributed by atoms with E-state index in [1.807, 2.05) is 6.20 Å². The van der Waals surface area contributed by atoms with Gasteiger partial charge in [0.15, 0.2) is 0 Å². The van der Waals surface area contributed by atoms with Gasteiger partial charge in [-0.3, -0.25) is 0 Å². The molecule has 2 unspecified atom stereocenters. The zero-order valence-corrected chi connectivity index (χ0v) is 14.3. The zero-order chi connectivity index (χ0) is 15.4. The van der Waals surface area contributed by atoms with E-state index in [0.29, 0.717) is 12.1 Å². The minimum absolute atomic E-state index is 0.511. The van der Waals surface area contributed by atoms with Crippen LogP contribution in [-0.4, -0.2) is 24.1 Å². The Bertz CT molecular complexity index is 456. The molecule has 3 nitrogen and oxygen atoms in total. The highest BCUT2D eigenvalue weighted by atomic mass is 15.2. The highest BCUT2D eigenvalue weighted by Crippen LogP contribution is 2.30. The Labute approximate surface area is 130 Å². The van der Waals surface area contributed by atoms with Gasteiger partial charge in [0.1, 0.15) is 5.82 Å². The fourth-order valence-corrected chi connectivity index (χ4v) is 3.34. The van der Waals surface area contributed by atoms with E-state index in [2.05, 4.69) is 51.0 Å². The third-order valence-electron chi connectivity index (χ3n) is 4.61. The van der Waals surface area contributed by atoms with Gasteiger partial charge in [-0.1, -0.05) is 33.6 Å². The number of nitrogens with one attached hydrogen (secondary N) is 1. The van der Waals surface area contributed by atoms with Gasteiger partial charge in [-0.15, -0.1) is 0 Å². The van der Waals surface area contributed by atoms with Crippen molar-refractivity contribution in [3.8, 4) is 0 Å². The molecule has 0 aromatic carbocycles. The molecule has 2 rings (SSSR count). The molecule has 1 heterocycles. The Morgan fingerprint density at radius 1 is 1.38 bits per heavy atom. The molecule has 0 amide bonds. The average molecular weight is 289 g/mol. The van der Waals surface area contributed by atoms with Crippen LogP contribution in [0.3, 0.4) is 0 Å². The lowest BCUT2D eigenvalue weighted by molar-refractivity contribution is 0.335. The number of anilines is 1. The van der Waals surface area contributed by atoms with Gasteiger partial charge in [0.05, 0.1) is 0 Å². The smallest absolute Gasteiger partial charge is 0.131 e. The molecule has 1 aliphatic carbocycles. The molecule has 0 spiro atoms. The number of hydrogen-bond donors (Lipinski definition) is 1. The maximum absolute atomic E-state index is 4.74. The summed E-state index contributed by atoms with van der Waals surface area (Å²) in [5.74, 6) is 2.00. The first-order chi connectivity index (χ1) is 9.97. The van der Waals surface area contributed by atoms with Gasteiger partial charge >= 0.3 is 0 Å². The number of aromatic nitrogens is 1. The molecule has 2 atom stereocenters. The van der Waals surface area contributed by atoms with Crippen molar-refractivity contribution in [2.24, 2.45) is 5.92 Å². The van der Waals surface area contributed by atoms with Gasteiger partial charge in [0, 0.05) is 31.9 Å². The molecule has 1 saturated carbocycles. The van der Waals surface area contributed by atoms with Gasteiger partial charge in [-0.25, -0.2) is 4.98 Å². The average Bonchev–Trinajstić information content (AvgIpc) is 2.44. The molecule has 3 heteroatoms. The van der Waals surface area contributed by atoms with E-state index in [1.54, 1.807) is 0 Å². The quantitative estimate of drug-likeness (QED) is 0.891. The summed E-state index contributed by atoms with van der Waals surface area (Å²) in [6.07, 6.45) is 7.37. The lowest BCUT2D eigenvalue weighted by Crippen LogP contribution is -2.36. The number of rotatable bonds is 5. The summed E-state index contributed by atoms with van der Waals surface area (Å²) in [6.45, 7) is 9.81. The minimum atomic E-state index is 0.511. The molecular weight excluding hydrogens is 258 g/mol. The fourth-order valence-electron chi connectivity index (χ4n) is 3.34. The predicted molar refractivity (Wildman–Crippen MR) is 90.8 cm³/mol. The van der Waals surface area contributed by atoms with Gasteiger partial charge < -0.3 is 10.2 Å². The molecular formula is C18H31N3. The van der Waals surface area contributed by atoms with E-state index in [-0.39, 0.29) is 0 Å². The summed E-state index contributed by atoms with van der Waals surface area (Å²) < 4.78 is 0. The van der Waals surface area contributed by atoms with E-state index < -0.39 is 0 Å². The van der Waals surface area contributed by atoms with Crippen molar-refractivity contribution in [3.63, 3.8) is 0 Å².